The van der Waals surface area contributed by atoms with Crippen molar-refractivity contribution in [2.75, 3.05) is 34.9 Å². The summed E-state index contributed by atoms with van der Waals surface area (Å²) in [5.74, 6) is -0.822. The Labute approximate surface area is 240 Å². The molecule has 40 heavy (non-hydrogen) atoms. The number of rotatable bonds is 5. The number of oxime groups is 1. The van der Waals surface area contributed by atoms with Gasteiger partial charge in [0.1, 0.15) is 11.6 Å². The highest BCUT2D eigenvalue weighted by molar-refractivity contribution is 9.10. The molecule has 0 radical (unpaired) electrons. The average Bonchev–Trinajstić information content (AvgIpc) is 3.39. The predicted molar refractivity (Wildman–Crippen MR) is 149 cm³/mol. The summed E-state index contributed by atoms with van der Waals surface area (Å²) in [5.41, 5.74) is 2.79. The van der Waals surface area contributed by atoms with Crippen molar-refractivity contribution >= 4 is 33.4 Å². The quantitative estimate of drug-likeness (QED) is 0.505. The molecule has 2 aromatic rings. The number of methoxy groups -OCH3 is 3. The van der Waals surface area contributed by atoms with E-state index in [9.17, 15) is 14.7 Å². The highest BCUT2D eigenvalue weighted by Gasteiger charge is 2.58. The first-order valence-corrected chi connectivity index (χ1v) is 14.0. The van der Waals surface area contributed by atoms with Crippen molar-refractivity contribution in [2.45, 2.75) is 36.8 Å². The molecule has 210 valence electrons. The molecule has 0 aromatic heterocycles. The molecule has 0 spiro atoms. The fourth-order valence-electron chi connectivity index (χ4n) is 7.24. The third-order valence-electron chi connectivity index (χ3n) is 9.11. The first-order valence-electron chi connectivity index (χ1n) is 13.2. The summed E-state index contributed by atoms with van der Waals surface area (Å²) in [6.45, 7) is 0.775. The van der Waals surface area contributed by atoms with Crippen molar-refractivity contribution < 1.29 is 33.7 Å². The maximum atomic E-state index is 13.3. The Morgan fingerprint density at radius 3 is 2.73 bits per heavy atom. The van der Waals surface area contributed by atoms with E-state index in [1.807, 2.05) is 30.3 Å². The number of fused-ring (bicyclic) bond motifs is 1. The molecule has 2 heterocycles. The van der Waals surface area contributed by atoms with Gasteiger partial charge in [-0.15, -0.1) is 0 Å². The van der Waals surface area contributed by atoms with Crippen LogP contribution in [0.25, 0.3) is 0 Å². The molecule has 6 rings (SSSR count). The SMILES string of the molecule is COC(=O)[C@@H]1C(c2cccc(Br)c2)=NO[C@H]1c1cc(OC)c(O)c2c1C[C@H]1[C@H]3C=C(OC)C(=O)C[C@@]23CCN1C. The molecule has 1 N–H and O–H groups in total. The molecule has 2 aliphatic carbocycles. The standard InChI is InChI=1S/C30H31BrN2O7/c1-33-9-8-30-14-21(34)22(37-2)13-19(30)20(33)11-17-18(12-23(38-3)27(35)25(17)30)28-24(29(36)39-4)26(32-40-28)15-6-5-7-16(31)10-15/h5-7,10,12-13,19-20,24,28,35H,8-9,11,14H2,1-4H3/t19-,20+,24-,28+,30-/m1/s1. The summed E-state index contributed by atoms with van der Waals surface area (Å²) in [5, 5.41) is 16.0. The molecular formula is C30H31BrN2O7. The van der Waals surface area contributed by atoms with Crippen LogP contribution < -0.4 is 4.74 Å². The number of likely N-dealkylation sites (tertiary alicyclic amines) is 1. The number of hydrogen-bond acceptors (Lipinski definition) is 9. The lowest BCUT2D eigenvalue weighted by Crippen LogP contribution is -2.60. The number of ketones is 1. The van der Waals surface area contributed by atoms with Crippen LogP contribution in [0.15, 0.2) is 51.8 Å². The van der Waals surface area contributed by atoms with Crippen LogP contribution in [0, 0.1) is 11.8 Å². The molecule has 2 bridgehead atoms. The fourth-order valence-corrected chi connectivity index (χ4v) is 7.64. The summed E-state index contributed by atoms with van der Waals surface area (Å²) in [7, 11) is 6.44. The van der Waals surface area contributed by atoms with Crippen LogP contribution in [-0.2, 0) is 35.7 Å². The number of ether oxygens (including phenoxy) is 3. The number of likely N-dealkylation sites (N-methyl/N-ethyl adjacent to an activating group) is 1. The lowest BCUT2D eigenvalue weighted by molar-refractivity contribution is -0.146. The smallest absolute Gasteiger partial charge is 0.319 e. The van der Waals surface area contributed by atoms with Crippen molar-refractivity contribution in [1.82, 2.24) is 4.90 Å². The zero-order valence-electron chi connectivity index (χ0n) is 22.8. The monoisotopic (exact) mass is 610 g/mol. The van der Waals surface area contributed by atoms with E-state index in [1.54, 1.807) is 6.07 Å². The Morgan fingerprint density at radius 1 is 1.23 bits per heavy atom. The number of hydrogen-bond donors (Lipinski definition) is 1. The summed E-state index contributed by atoms with van der Waals surface area (Å²) in [6, 6.07) is 9.30. The predicted octanol–water partition coefficient (Wildman–Crippen LogP) is 4.05. The Morgan fingerprint density at radius 2 is 2.02 bits per heavy atom. The molecule has 0 unspecified atom stereocenters. The van der Waals surface area contributed by atoms with Gasteiger partial charge in [0.15, 0.2) is 29.1 Å². The average molecular weight is 611 g/mol. The van der Waals surface area contributed by atoms with Gasteiger partial charge >= 0.3 is 5.97 Å². The van der Waals surface area contributed by atoms with Gasteiger partial charge in [0.2, 0.25) is 0 Å². The van der Waals surface area contributed by atoms with Crippen molar-refractivity contribution in [1.29, 1.82) is 0 Å². The van der Waals surface area contributed by atoms with Gasteiger partial charge in [0, 0.05) is 45.0 Å². The minimum atomic E-state index is -0.849. The number of aromatic hydroxyl groups is 1. The third-order valence-corrected chi connectivity index (χ3v) is 9.61. The summed E-state index contributed by atoms with van der Waals surface area (Å²) in [4.78, 5) is 34.9. The van der Waals surface area contributed by atoms with Gasteiger partial charge in [-0.2, -0.15) is 0 Å². The minimum Gasteiger partial charge on any atom is -0.504 e. The second-order valence-electron chi connectivity index (χ2n) is 10.9. The van der Waals surface area contributed by atoms with E-state index in [0.717, 1.165) is 22.1 Å². The van der Waals surface area contributed by atoms with Crippen molar-refractivity contribution in [3.05, 3.63) is 68.9 Å². The van der Waals surface area contributed by atoms with Gasteiger partial charge < -0.3 is 29.1 Å². The van der Waals surface area contributed by atoms with E-state index in [4.69, 9.17) is 19.0 Å². The molecule has 1 fully saturated rings. The van der Waals surface area contributed by atoms with E-state index in [-0.39, 0.29) is 35.7 Å². The maximum absolute atomic E-state index is 13.3. The number of phenolic OH excluding ortho intramolecular Hbond substituents is 1. The summed E-state index contributed by atoms with van der Waals surface area (Å²) >= 11 is 3.50. The van der Waals surface area contributed by atoms with E-state index in [0.29, 0.717) is 35.4 Å². The largest absolute Gasteiger partial charge is 0.504 e. The number of esters is 1. The third kappa shape index (κ3) is 3.87. The van der Waals surface area contributed by atoms with Crippen LogP contribution >= 0.6 is 15.9 Å². The lowest BCUT2D eigenvalue weighted by Gasteiger charge is -2.57. The Bertz CT molecular complexity index is 1470. The molecular weight excluding hydrogens is 580 g/mol. The van der Waals surface area contributed by atoms with Crippen LogP contribution in [0.5, 0.6) is 11.5 Å². The molecule has 5 atom stereocenters. The van der Waals surface area contributed by atoms with Gasteiger partial charge in [-0.1, -0.05) is 33.2 Å². The number of halogens is 1. The fraction of sp³-hybridized carbons (Fsp3) is 0.433. The van der Waals surface area contributed by atoms with Crippen molar-refractivity contribution in [3.8, 4) is 11.5 Å². The van der Waals surface area contributed by atoms with Crippen LogP contribution in [-0.4, -0.2) is 68.4 Å². The van der Waals surface area contributed by atoms with Crippen LogP contribution in [0.3, 0.4) is 0 Å². The highest BCUT2D eigenvalue weighted by Crippen LogP contribution is 2.59. The second-order valence-corrected chi connectivity index (χ2v) is 11.8. The molecule has 1 saturated heterocycles. The molecule has 4 aliphatic rings. The normalized spacial score (nSPS) is 29.0. The Balaban J connectivity index is 1.55. The number of Topliss-reactive ketones (excluding diaryl/α,β-unsaturated/α-hetero) is 1. The molecule has 9 nitrogen and oxygen atoms in total. The zero-order valence-corrected chi connectivity index (χ0v) is 24.4. The summed E-state index contributed by atoms with van der Waals surface area (Å²) < 4.78 is 17.2. The number of carbonyl (C=O) groups is 2. The number of phenols is 1. The van der Waals surface area contributed by atoms with Crippen molar-refractivity contribution in [3.63, 3.8) is 0 Å². The van der Waals surface area contributed by atoms with E-state index < -0.39 is 23.4 Å². The number of carbonyl (C=O) groups excluding carboxylic acids is 2. The first-order chi connectivity index (χ1) is 19.2. The zero-order chi connectivity index (χ0) is 28.3. The van der Waals surface area contributed by atoms with Crippen LogP contribution in [0.1, 0.15) is 41.2 Å². The number of piperidine rings is 1. The number of allylic oxidation sites excluding steroid dienone is 1. The number of nitrogens with zero attached hydrogens (tertiary/aromatic N) is 2. The van der Waals surface area contributed by atoms with Crippen LogP contribution in [0.2, 0.25) is 0 Å². The van der Waals surface area contributed by atoms with Gasteiger partial charge in [0.05, 0.1) is 21.3 Å². The molecule has 2 aliphatic heterocycles. The topological polar surface area (TPSA) is 107 Å². The molecule has 2 aromatic carbocycles. The van der Waals surface area contributed by atoms with Gasteiger partial charge in [-0.25, -0.2) is 0 Å². The Hall–Kier alpha value is -3.37. The van der Waals surface area contributed by atoms with Gasteiger partial charge in [-0.05, 0) is 56.3 Å². The molecule has 0 saturated carbocycles. The van der Waals surface area contributed by atoms with Crippen molar-refractivity contribution in [2.24, 2.45) is 17.0 Å². The van der Waals surface area contributed by atoms with Crippen LogP contribution in [0.4, 0.5) is 0 Å². The Kier molecular flexibility index (Phi) is 6.65. The van der Waals surface area contributed by atoms with E-state index in [1.165, 1.54) is 21.3 Å². The van der Waals surface area contributed by atoms with Gasteiger partial charge in [-0.3, -0.25) is 9.59 Å². The number of benzene rings is 2. The second kappa shape index (κ2) is 9.92. The molecule has 0 amide bonds. The maximum Gasteiger partial charge on any atom is 0.319 e. The van der Waals surface area contributed by atoms with E-state index in [2.05, 4.69) is 33.0 Å². The lowest BCUT2D eigenvalue weighted by atomic mass is 9.53. The minimum absolute atomic E-state index is 0.0251. The van der Waals surface area contributed by atoms with E-state index >= 15 is 0 Å². The first kappa shape index (κ1) is 26.8. The molecule has 10 heteroatoms. The van der Waals surface area contributed by atoms with Gasteiger partial charge in [0.25, 0.3) is 0 Å². The highest BCUT2D eigenvalue weighted by atomic mass is 79.9. The summed E-state index contributed by atoms with van der Waals surface area (Å²) in [6.07, 6.45) is 2.58.